The van der Waals surface area contributed by atoms with Crippen molar-refractivity contribution in [2.24, 2.45) is 0 Å². The second kappa shape index (κ2) is 5.73. The molecule has 2 aliphatic carbocycles. The molecule has 0 atom stereocenters. The number of hydrogen-bond donors (Lipinski definition) is 1. The maximum atomic E-state index is 13.0. The largest absolute Gasteiger partial charge is 0.382 e. The molecule has 3 aromatic rings. The zero-order valence-corrected chi connectivity index (χ0v) is 14.2. The van der Waals surface area contributed by atoms with Gasteiger partial charge < -0.3 is 5.32 Å². The predicted octanol–water partition coefficient (Wildman–Crippen LogP) is 5.80. The molecule has 0 aromatic heterocycles. The highest BCUT2D eigenvalue weighted by molar-refractivity contribution is 6.27. The molecule has 0 amide bonds. The first-order valence-electron chi connectivity index (χ1n) is 9.29. The van der Waals surface area contributed by atoms with Gasteiger partial charge in [0.15, 0.2) is 5.78 Å². The first kappa shape index (κ1) is 14.7. The van der Waals surface area contributed by atoms with Gasteiger partial charge in [-0.15, -0.1) is 0 Å². The molecule has 0 unspecified atom stereocenters. The average molecular weight is 327 g/mol. The second-order valence-corrected chi connectivity index (χ2v) is 7.24. The van der Waals surface area contributed by atoms with Crippen molar-refractivity contribution in [1.29, 1.82) is 0 Å². The van der Waals surface area contributed by atoms with Crippen molar-refractivity contribution < 1.29 is 4.79 Å². The zero-order chi connectivity index (χ0) is 16.8. The lowest BCUT2D eigenvalue weighted by atomic mass is 9.82. The maximum Gasteiger partial charge on any atom is 0.194 e. The molecule has 1 saturated carbocycles. The van der Waals surface area contributed by atoms with Crippen LogP contribution in [-0.4, -0.2) is 11.8 Å². The maximum absolute atomic E-state index is 13.0. The Hall–Kier alpha value is -2.61. The summed E-state index contributed by atoms with van der Waals surface area (Å²) in [5.74, 6) is 0.142. The van der Waals surface area contributed by atoms with E-state index in [1.54, 1.807) is 0 Å². The van der Waals surface area contributed by atoms with Crippen LogP contribution in [-0.2, 0) is 0 Å². The van der Waals surface area contributed by atoms with Crippen LogP contribution in [0.1, 0.15) is 48.0 Å². The van der Waals surface area contributed by atoms with Gasteiger partial charge in [0.25, 0.3) is 0 Å². The van der Waals surface area contributed by atoms with Crippen molar-refractivity contribution in [3.63, 3.8) is 0 Å². The van der Waals surface area contributed by atoms with Gasteiger partial charge in [-0.2, -0.15) is 0 Å². The topological polar surface area (TPSA) is 29.1 Å². The van der Waals surface area contributed by atoms with Gasteiger partial charge in [-0.25, -0.2) is 0 Å². The van der Waals surface area contributed by atoms with Crippen molar-refractivity contribution in [2.75, 3.05) is 5.32 Å². The van der Waals surface area contributed by atoms with E-state index < -0.39 is 0 Å². The monoisotopic (exact) mass is 327 g/mol. The first-order chi connectivity index (χ1) is 12.3. The van der Waals surface area contributed by atoms with Crippen molar-refractivity contribution in [3.8, 4) is 11.1 Å². The SMILES string of the molecule is O=C1c2ccccc2-c2ccc(NC3CCCCC3)c3cccc1c23. The third kappa shape index (κ3) is 2.28. The molecule has 0 bridgehead atoms. The predicted molar refractivity (Wildman–Crippen MR) is 103 cm³/mol. The van der Waals surface area contributed by atoms with Crippen LogP contribution in [0.25, 0.3) is 21.9 Å². The lowest BCUT2D eigenvalue weighted by Crippen LogP contribution is -2.22. The molecule has 2 nitrogen and oxygen atoms in total. The van der Waals surface area contributed by atoms with E-state index in [9.17, 15) is 4.79 Å². The van der Waals surface area contributed by atoms with Crippen molar-refractivity contribution in [3.05, 3.63) is 65.7 Å². The van der Waals surface area contributed by atoms with Crippen molar-refractivity contribution in [1.82, 2.24) is 0 Å². The van der Waals surface area contributed by atoms with E-state index in [0.717, 1.165) is 22.1 Å². The van der Waals surface area contributed by atoms with Gasteiger partial charge in [-0.05, 0) is 30.0 Å². The van der Waals surface area contributed by atoms with E-state index in [2.05, 4.69) is 29.6 Å². The zero-order valence-electron chi connectivity index (χ0n) is 14.2. The number of nitrogens with one attached hydrogen (secondary N) is 1. The van der Waals surface area contributed by atoms with Crippen LogP contribution in [0.15, 0.2) is 54.6 Å². The minimum atomic E-state index is 0.142. The van der Waals surface area contributed by atoms with E-state index >= 15 is 0 Å². The van der Waals surface area contributed by atoms with E-state index in [1.807, 2.05) is 30.3 Å². The van der Waals surface area contributed by atoms with E-state index in [4.69, 9.17) is 0 Å². The van der Waals surface area contributed by atoms with E-state index in [1.165, 1.54) is 48.7 Å². The van der Waals surface area contributed by atoms with Crippen LogP contribution < -0.4 is 5.32 Å². The summed E-state index contributed by atoms with van der Waals surface area (Å²) >= 11 is 0. The molecule has 2 heteroatoms. The number of benzene rings is 3. The second-order valence-electron chi connectivity index (χ2n) is 7.24. The van der Waals surface area contributed by atoms with Gasteiger partial charge in [-0.1, -0.05) is 67.8 Å². The van der Waals surface area contributed by atoms with Gasteiger partial charge >= 0.3 is 0 Å². The lowest BCUT2D eigenvalue weighted by molar-refractivity contribution is 0.104. The number of rotatable bonds is 2. The highest BCUT2D eigenvalue weighted by Gasteiger charge is 2.25. The van der Waals surface area contributed by atoms with Gasteiger partial charge in [0, 0.05) is 33.6 Å². The number of hydrogen-bond acceptors (Lipinski definition) is 2. The molecule has 124 valence electrons. The standard InChI is InChI=1S/C23H21NO/c25-23-18-10-5-4-9-16(18)17-13-14-21(24-15-7-2-1-3-8-15)19-11-6-12-20(23)22(17)19/h4-6,9-15,24H,1-3,7-8H2. The van der Waals surface area contributed by atoms with Gasteiger partial charge in [-0.3, -0.25) is 4.79 Å². The number of fused-ring (bicyclic) bond motifs is 2. The van der Waals surface area contributed by atoms with Gasteiger partial charge in [0.2, 0.25) is 0 Å². The average Bonchev–Trinajstić information content (AvgIpc) is 2.68. The summed E-state index contributed by atoms with van der Waals surface area (Å²) in [6.07, 6.45) is 6.46. The summed E-state index contributed by atoms with van der Waals surface area (Å²) in [6.45, 7) is 0. The molecule has 3 aromatic carbocycles. The van der Waals surface area contributed by atoms with Gasteiger partial charge in [0.05, 0.1) is 0 Å². The molecule has 1 fully saturated rings. The van der Waals surface area contributed by atoms with Crippen LogP contribution in [0.2, 0.25) is 0 Å². The summed E-state index contributed by atoms with van der Waals surface area (Å²) in [5.41, 5.74) is 5.05. The van der Waals surface area contributed by atoms with Crippen LogP contribution in [0.5, 0.6) is 0 Å². The normalized spacial score (nSPS) is 16.7. The Morgan fingerprint density at radius 2 is 1.48 bits per heavy atom. The molecule has 1 N–H and O–H groups in total. The highest BCUT2D eigenvalue weighted by atomic mass is 16.1. The lowest BCUT2D eigenvalue weighted by Gasteiger charge is -2.26. The Bertz CT molecular complexity index is 983. The molecule has 5 rings (SSSR count). The molecular weight excluding hydrogens is 306 g/mol. The van der Waals surface area contributed by atoms with Crippen molar-refractivity contribution >= 4 is 22.2 Å². The Morgan fingerprint density at radius 1 is 0.720 bits per heavy atom. The fourth-order valence-electron chi connectivity index (χ4n) is 4.47. The minimum absolute atomic E-state index is 0.142. The van der Waals surface area contributed by atoms with E-state index in [-0.39, 0.29) is 5.78 Å². The van der Waals surface area contributed by atoms with Crippen LogP contribution in [0, 0.1) is 0 Å². The Labute approximate surface area is 147 Å². The Kier molecular flexibility index (Phi) is 3.37. The minimum Gasteiger partial charge on any atom is -0.382 e. The third-order valence-electron chi connectivity index (χ3n) is 5.71. The third-order valence-corrected chi connectivity index (χ3v) is 5.71. The fourth-order valence-corrected chi connectivity index (χ4v) is 4.47. The quantitative estimate of drug-likeness (QED) is 0.504. The number of anilines is 1. The Morgan fingerprint density at radius 3 is 2.32 bits per heavy atom. The molecule has 0 spiro atoms. The van der Waals surface area contributed by atoms with Crippen LogP contribution >= 0.6 is 0 Å². The molecule has 0 heterocycles. The van der Waals surface area contributed by atoms with Crippen molar-refractivity contribution in [2.45, 2.75) is 38.1 Å². The summed E-state index contributed by atoms with van der Waals surface area (Å²) < 4.78 is 0. The number of carbonyl (C=O) groups excluding carboxylic acids is 1. The molecule has 25 heavy (non-hydrogen) atoms. The molecule has 0 saturated heterocycles. The van der Waals surface area contributed by atoms with Crippen LogP contribution in [0.3, 0.4) is 0 Å². The number of carbonyl (C=O) groups is 1. The summed E-state index contributed by atoms with van der Waals surface area (Å²) in [5, 5.41) is 6.03. The molecule has 0 aliphatic heterocycles. The molecule has 0 radical (unpaired) electrons. The summed E-state index contributed by atoms with van der Waals surface area (Å²) in [6, 6.07) is 19.0. The molecule has 2 aliphatic rings. The van der Waals surface area contributed by atoms with E-state index in [0.29, 0.717) is 6.04 Å². The summed E-state index contributed by atoms with van der Waals surface area (Å²) in [7, 11) is 0. The fraction of sp³-hybridized carbons (Fsp3) is 0.261. The number of ketones is 1. The first-order valence-corrected chi connectivity index (χ1v) is 9.29. The highest BCUT2D eigenvalue weighted by Crippen LogP contribution is 2.42. The summed E-state index contributed by atoms with van der Waals surface area (Å²) in [4.78, 5) is 13.0. The smallest absolute Gasteiger partial charge is 0.194 e. The van der Waals surface area contributed by atoms with Crippen LogP contribution in [0.4, 0.5) is 5.69 Å². The Balaban J connectivity index is 1.70. The van der Waals surface area contributed by atoms with Gasteiger partial charge in [0.1, 0.15) is 0 Å². The molecular formula is C23H21NO.